The highest BCUT2D eigenvalue weighted by Gasteiger charge is 2.15. The molecule has 0 spiro atoms. The Morgan fingerprint density at radius 3 is 2.50 bits per heavy atom. The summed E-state index contributed by atoms with van der Waals surface area (Å²) in [6, 6.07) is 13.9. The Labute approximate surface area is 100 Å². The number of rotatable bonds is 4. The van der Waals surface area contributed by atoms with Gasteiger partial charge < -0.3 is 9.73 Å². The standard InChI is InChI=1S/C13H14ClNO/c1-2-15-13(10-6-4-3-5-7-10)11-8-9-12(14)16-11/h3-9,13,15H,2H2,1H3. The second-order valence-electron chi connectivity index (χ2n) is 3.54. The SMILES string of the molecule is CCNC(c1ccccc1)c1ccc(Cl)o1. The predicted molar refractivity (Wildman–Crippen MR) is 65.7 cm³/mol. The Balaban J connectivity index is 2.31. The summed E-state index contributed by atoms with van der Waals surface area (Å²) in [4.78, 5) is 0. The smallest absolute Gasteiger partial charge is 0.193 e. The number of benzene rings is 1. The van der Waals surface area contributed by atoms with Gasteiger partial charge in [0.05, 0.1) is 6.04 Å². The monoisotopic (exact) mass is 235 g/mol. The lowest BCUT2D eigenvalue weighted by Crippen LogP contribution is -2.21. The van der Waals surface area contributed by atoms with Crippen LogP contribution in [0.2, 0.25) is 5.22 Å². The van der Waals surface area contributed by atoms with E-state index in [0.717, 1.165) is 12.3 Å². The normalized spacial score (nSPS) is 12.6. The molecule has 0 radical (unpaired) electrons. The molecule has 2 nitrogen and oxygen atoms in total. The van der Waals surface area contributed by atoms with E-state index < -0.39 is 0 Å². The molecule has 0 fully saturated rings. The van der Waals surface area contributed by atoms with E-state index in [-0.39, 0.29) is 6.04 Å². The first-order valence-corrected chi connectivity index (χ1v) is 5.72. The largest absolute Gasteiger partial charge is 0.448 e. The third-order valence-electron chi connectivity index (χ3n) is 2.42. The summed E-state index contributed by atoms with van der Waals surface area (Å²) >= 11 is 5.80. The van der Waals surface area contributed by atoms with Gasteiger partial charge in [-0.25, -0.2) is 0 Å². The summed E-state index contributed by atoms with van der Waals surface area (Å²) in [5.41, 5.74) is 1.18. The fourth-order valence-corrected chi connectivity index (χ4v) is 1.87. The van der Waals surface area contributed by atoms with Crippen molar-refractivity contribution in [3.8, 4) is 0 Å². The van der Waals surface area contributed by atoms with Crippen molar-refractivity contribution in [3.63, 3.8) is 0 Å². The molecule has 0 aliphatic heterocycles. The van der Waals surface area contributed by atoms with Crippen molar-refractivity contribution in [2.45, 2.75) is 13.0 Å². The highest BCUT2D eigenvalue weighted by Crippen LogP contribution is 2.25. The first-order valence-electron chi connectivity index (χ1n) is 5.35. The van der Waals surface area contributed by atoms with Crippen LogP contribution in [0.5, 0.6) is 0 Å². The molecule has 16 heavy (non-hydrogen) atoms. The number of halogens is 1. The zero-order chi connectivity index (χ0) is 11.4. The highest BCUT2D eigenvalue weighted by atomic mass is 35.5. The summed E-state index contributed by atoms with van der Waals surface area (Å²) < 4.78 is 5.46. The zero-order valence-corrected chi connectivity index (χ0v) is 9.87. The van der Waals surface area contributed by atoms with Crippen LogP contribution in [-0.2, 0) is 0 Å². The van der Waals surface area contributed by atoms with Crippen LogP contribution in [0, 0.1) is 0 Å². The van der Waals surface area contributed by atoms with Crippen LogP contribution < -0.4 is 5.32 Å². The molecule has 1 atom stereocenters. The van der Waals surface area contributed by atoms with Crippen LogP contribution in [0.1, 0.15) is 24.3 Å². The van der Waals surface area contributed by atoms with Gasteiger partial charge in [0, 0.05) is 0 Å². The van der Waals surface area contributed by atoms with E-state index >= 15 is 0 Å². The minimum absolute atomic E-state index is 0.0682. The molecule has 1 aromatic carbocycles. The Kier molecular flexibility index (Phi) is 3.65. The lowest BCUT2D eigenvalue weighted by molar-refractivity contribution is 0.453. The highest BCUT2D eigenvalue weighted by molar-refractivity contribution is 6.28. The fourth-order valence-electron chi connectivity index (χ4n) is 1.72. The maximum absolute atomic E-state index is 5.80. The summed E-state index contributed by atoms with van der Waals surface area (Å²) in [5, 5.41) is 3.80. The van der Waals surface area contributed by atoms with E-state index in [4.69, 9.17) is 16.0 Å². The van der Waals surface area contributed by atoms with Gasteiger partial charge in [-0.3, -0.25) is 0 Å². The third-order valence-corrected chi connectivity index (χ3v) is 2.62. The Bertz CT molecular complexity index is 438. The molecule has 1 N–H and O–H groups in total. The summed E-state index contributed by atoms with van der Waals surface area (Å²) in [7, 11) is 0. The van der Waals surface area contributed by atoms with Gasteiger partial charge in [-0.2, -0.15) is 0 Å². The van der Waals surface area contributed by atoms with Gasteiger partial charge in [0.25, 0.3) is 0 Å². The van der Waals surface area contributed by atoms with Crippen LogP contribution in [0.4, 0.5) is 0 Å². The molecule has 0 aliphatic rings. The summed E-state index contributed by atoms with van der Waals surface area (Å²) in [6.45, 7) is 2.94. The lowest BCUT2D eigenvalue weighted by atomic mass is 10.0. The average molecular weight is 236 g/mol. The summed E-state index contributed by atoms with van der Waals surface area (Å²) in [6.07, 6.45) is 0. The van der Waals surface area contributed by atoms with Crippen LogP contribution in [-0.4, -0.2) is 6.54 Å². The first kappa shape index (κ1) is 11.2. The van der Waals surface area contributed by atoms with Crippen molar-refractivity contribution in [2.75, 3.05) is 6.54 Å². The molecular weight excluding hydrogens is 222 g/mol. The number of hydrogen-bond donors (Lipinski definition) is 1. The molecule has 1 aromatic heterocycles. The fraction of sp³-hybridized carbons (Fsp3) is 0.231. The Morgan fingerprint density at radius 1 is 1.19 bits per heavy atom. The van der Waals surface area contributed by atoms with E-state index in [0.29, 0.717) is 5.22 Å². The molecule has 0 saturated heterocycles. The minimum atomic E-state index is 0.0682. The third kappa shape index (κ3) is 2.46. The second-order valence-corrected chi connectivity index (χ2v) is 3.92. The van der Waals surface area contributed by atoms with E-state index in [1.807, 2.05) is 24.3 Å². The van der Waals surface area contributed by atoms with Crippen molar-refractivity contribution >= 4 is 11.6 Å². The molecule has 2 aromatic rings. The molecule has 0 saturated carbocycles. The quantitative estimate of drug-likeness (QED) is 0.876. The van der Waals surface area contributed by atoms with Gasteiger partial charge in [0.1, 0.15) is 5.76 Å². The molecule has 0 aliphatic carbocycles. The molecule has 3 heteroatoms. The maximum Gasteiger partial charge on any atom is 0.193 e. The van der Waals surface area contributed by atoms with Gasteiger partial charge in [0.15, 0.2) is 5.22 Å². The maximum atomic E-state index is 5.80. The van der Waals surface area contributed by atoms with Crippen LogP contribution in [0.3, 0.4) is 0 Å². The van der Waals surface area contributed by atoms with Gasteiger partial charge in [0.2, 0.25) is 0 Å². The topological polar surface area (TPSA) is 25.2 Å². The zero-order valence-electron chi connectivity index (χ0n) is 9.11. The predicted octanol–water partition coefficient (Wildman–Crippen LogP) is 3.63. The van der Waals surface area contributed by atoms with Crippen LogP contribution in [0.15, 0.2) is 46.9 Å². The van der Waals surface area contributed by atoms with Crippen LogP contribution in [0.25, 0.3) is 0 Å². The molecule has 84 valence electrons. The lowest BCUT2D eigenvalue weighted by Gasteiger charge is -2.15. The van der Waals surface area contributed by atoms with E-state index in [9.17, 15) is 0 Å². The van der Waals surface area contributed by atoms with E-state index in [2.05, 4.69) is 24.4 Å². The second kappa shape index (κ2) is 5.19. The molecule has 2 rings (SSSR count). The molecule has 1 heterocycles. The Hall–Kier alpha value is -1.25. The molecule has 0 bridgehead atoms. The van der Waals surface area contributed by atoms with Crippen molar-refractivity contribution in [1.82, 2.24) is 5.32 Å². The minimum Gasteiger partial charge on any atom is -0.448 e. The van der Waals surface area contributed by atoms with Crippen molar-refractivity contribution in [2.24, 2.45) is 0 Å². The molecule has 1 unspecified atom stereocenters. The molecule has 0 amide bonds. The van der Waals surface area contributed by atoms with Crippen molar-refractivity contribution in [1.29, 1.82) is 0 Å². The van der Waals surface area contributed by atoms with Crippen molar-refractivity contribution < 1.29 is 4.42 Å². The Morgan fingerprint density at radius 2 is 1.94 bits per heavy atom. The van der Waals surface area contributed by atoms with Gasteiger partial charge in [-0.1, -0.05) is 37.3 Å². The number of hydrogen-bond acceptors (Lipinski definition) is 2. The van der Waals surface area contributed by atoms with Gasteiger partial charge in [-0.05, 0) is 35.8 Å². The van der Waals surface area contributed by atoms with Crippen molar-refractivity contribution in [3.05, 3.63) is 59.0 Å². The van der Waals surface area contributed by atoms with Gasteiger partial charge >= 0.3 is 0 Å². The van der Waals surface area contributed by atoms with Gasteiger partial charge in [-0.15, -0.1) is 0 Å². The molecular formula is C13H14ClNO. The van der Waals surface area contributed by atoms with E-state index in [1.54, 1.807) is 6.07 Å². The summed E-state index contributed by atoms with van der Waals surface area (Å²) in [5.74, 6) is 0.845. The number of furan rings is 1. The number of nitrogens with one attached hydrogen (secondary N) is 1. The van der Waals surface area contributed by atoms with Crippen LogP contribution >= 0.6 is 11.6 Å². The van der Waals surface area contributed by atoms with E-state index in [1.165, 1.54) is 5.56 Å². The first-order chi connectivity index (χ1) is 7.81. The average Bonchev–Trinajstić information content (AvgIpc) is 2.74.